The van der Waals surface area contributed by atoms with Crippen LogP contribution in [0, 0.1) is 0 Å². The van der Waals surface area contributed by atoms with Gasteiger partial charge in [0, 0.05) is 7.11 Å². The quantitative estimate of drug-likeness (QED) is 0.707. The second-order valence-corrected chi connectivity index (χ2v) is 4.25. The van der Waals surface area contributed by atoms with Crippen LogP contribution >= 0.6 is 0 Å². The zero-order chi connectivity index (χ0) is 14.6. The van der Waals surface area contributed by atoms with Gasteiger partial charge in [0.15, 0.2) is 5.75 Å². The van der Waals surface area contributed by atoms with E-state index >= 15 is 0 Å². The van der Waals surface area contributed by atoms with Gasteiger partial charge in [-0.05, 0) is 25.5 Å². The van der Waals surface area contributed by atoms with Crippen LogP contribution in [0.5, 0.6) is 5.75 Å². The van der Waals surface area contributed by atoms with E-state index in [9.17, 15) is 14.7 Å². The number of methoxy groups -OCH3 is 1. The Morgan fingerprint density at radius 2 is 2.05 bits per heavy atom. The fourth-order valence-corrected chi connectivity index (χ4v) is 1.47. The van der Waals surface area contributed by atoms with Gasteiger partial charge in [-0.15, -0.1) is 0 Å². The molecule has 6 nitrogen and oxygen atoms in total. The molecule has 3 N–H and O–H groups in total. The topological polar surface area (TPSA) is 95.9 Å². The summed E-state index contributed by atoms with van der Waals surface area (Å²) < 4.78 is 5.13. The van der Waals surface area contributed by atoms with E-state index in [1.165, 1.54) is 25.3 Å². The van der Waals surface area contributed by atoms with Crippen LogP contribution < -0.4 is 5.32 Å². The van der Waals surface area contributed by atoms with Crippen molar-refractivity contribution in [3.8, 4) is 5.75 Å². The molecular weight excluding hydrogens is 250 g/mol. The van der Waals surface area contributed by atoms with E-state index in [4.69, 9.17) is 9.84 Å². The number of benzene rings is 1. The van der Waals surface area contributed by atoms with E-state index in [0.717, 1.165) is 0 Å². The molecule has 0 spiro atoms. The molecule has 1 rings (SSSR count). The number of carboxylic acids is 1. The molecule has 19 heavy (non-hydrogen) atoms. The molecule has 0 aliphatic carbocycles. The Bertz CT molecular complexity index is 494. The van der Waals surface area contributed by atoms with E-state index in [1.54, 1.807) is 13.8 Å². The molecule has 0 aromatic heterocycles. The van der Waals surface area contributed by atoms with Crippen LogP contribution in [0.25, 0.3) is 0 Å². The lowest BCUT2D eigenvalue weighted by Crippen LogP contribution is -2.41. The predicted octanol–water partition coefficient (Wildman–Crippen LogP) is 1.84. The summed E-state index contributed by atoms with van der Waals surface area (Å²) in [5.41, 5.74) is -1.26. The average molecular weight is 267 g/mol. The molecule has 104 valence electrons. The number of hydrogen-bond acceptors (Lipinski definition) is 4. The molecule has 6 heteroatoms. The van der Waals surface area contributed by atoms with Crippen molar-refractivity contribution in [1.29, 1.82) is 0 Å². The Morgan fingerprint density at radius 1 is 1.42 bits per heavy atom. The van der Waals surface area contributed by atoms with Gasteiger partial charge < -0.3 is 20.3 Å². The zero-order valence-electron chi connectivity index (χ0n) is 11.1. The summed E-state index contributed by atoms with van der Waals surface area (Å²) in [6.45, 7) is 3.40. The van der Waals surface area contributed by atoms with Crippen LogP contribution in [0.4, 0.5) is 5.69 Å². The van der Waals surface area contributed by atoms with Crippen molar-refractivity contribution in [3.05, 3.63) is 23.8 Å². The number of rotatable bonds is 5. The first-order valence-electron chi connectivity index (χ1n) is 5.77. The van der Waals surface area contributed by atoms with Gasteiger partial charge >= 0.3 is 5.97 Å². The summed E-state index contributed by atoms with van der Waals surface area (Å²) in [6, 6.07) is 4.11. The van der Waals surface area contributed by atoms with Crippen molar-refractivity contribution in [3.63, 3.8) is 0 Å². The van der Waals surface area contributed by atoms with Gasteiger partial charge in [0.1, 0.15) is 11.2 Å². The highest BCUT2D eigenvalue weighted by Gasteiger charge is 2.31. The number of phenols is 1. The number of carbonyl (C=O) groups is 2. The zero-order valence-corrected chi connectivity index (χ0v) is 11.1. The lowest BCUT2D eigenvalue weighted by Gasteiger charge is -2.25. The van der Waals surface area contributed by atoms with E-state index in [-0.39, 0.29) is 11.3 Å². The molecule has 0 aliphatic heterocycles. The number of aromatic carboxylic acids is 1. The molecular formula is C13H17NO5. The fourth-order valence-electron chi connectivity index (χ4n) is 1.47. The van der Waals surface area contributed by atoms with E-state index < -0.39 is 23.2 Å². The standard InChI is InChI=1S/C13H17NO5/c1-4-13(2,19-3)12(18)14-9-7-5-6-8(10(9)15)11(16)17/h5-7,15H,4H2,1-3H3,(H,14,18)(H,16,17). The molecule has 1 aromatic carbocycles. The number of para-hydroxylation sites is 1. The van der Waals surface area contributed by atoms with Gasteiger partial charge in [0.2, 0.25) is 0 Å². The summed E-state index contributed by atoms with van der Waals surface area (Å²) in [5.74, 6) is -2.19. The minimum atomic E-state index is -1.27. The lowest BCUT2D eigenvalue weighted by atomic mass is 10.0. The number of anilines is 1. The highest BCUT2D eigenvalue weighted by atomic mass is 16.5. The number of aromatic hydroxyl groups is 1. The molecule has 0 radical (unpaired) electrons. The van der Waals surface area contributed by atoms with Crippen molar-refractivity contribution in [2.75, 3.05) is 12.4 Å². The average Bonchev–Trinajstić information content (AvgIpc) is 2.39. The van der Waals surface area contributed by atoms with Crippen LogP contribution in [0.2, 0.25) is 0 Å². The molecule has 0 bridgehead atoms. The molecule has 0 aliphatic rings. The summed E-state index contributed by atoms with van der Waals surface area (Å²) in [4.78, 5) is 22.9. The number of ether oxygens (including phenoxy) is 1. The Hall–Kier alpha value is -2.08. The van der Waals surface area contributed by atoms with E-state index in [1.807, 2.05) is 0 Å². The highest BCUT2D eigenvalue weighted by molar-refractivity contribution is 6.00. The molecule has 0 saturated heterocycles. The number of nitrogens with one attached hydrogen (secondary N) is 1. The Labute approximate surface area is 111 Å². The number of carbonyl (C=O) groups excluding carboxylic acids is 1. The molecule has 0 fully saturated rings. The smallest absolute Gasteiger partial charge is 0.339 e. The van der Waals surface area contributed by atoms with Crippen LogP contribution in [-0.4, -0.2) is 34.8 Å². The molecule has 1 amide bonds. The molecule has 1 aromatic rings. The first-order chi connectivity index (χ1) is 8.85. The minimum absolute atomic E-state index is 0.0432. The van der Waals surface area contributed by atoms with Gasteiger partial charge in [-0.1, -0.05) is 13.0 Å². The summed E-state index contributed by atoms with van der Waals surface area (Å²) >= 11 is 0. The number of carboxylic acid groups (broad SMARTS) is 1. The van der Waals surface area contributed by atoms with Crippen molar-refractivity contribution in [2.45, 2.75) is 25.9 Å². The van der Waals surface area contributed by atoms with E-state index in [2.05, 4.69) is 5.32 Å². The van der Waals surface area contributed by atoms with Gasteiger partial charge in [-0.3, -0.25) is 4.79 Å². The third kappa shape index (κ3) is 3.03. The Balaban J connectivity index is 3.04. The summed E-state index contributed by atoms with van der Waals surface area (Å²) in [7, 11) is 1.41. The summed E-state index contributed by atoms with van der Waals surface area (Å²) in [5, 5.41) is 21.1. The van der Waals surface area contributed by atoms with E-state index in [0.29, 0.717) is 6.42 Å². The maximum atomic E-state index is 12.0. The van der Waals surface area contributed by atoms with Crippen LogP contribution in [-0.2, 0) is 9.53 Å². The highest BCUT2D eigenvalue weighted by Crippen LogP contribution is 2.28. The first kappa shape index (κ1) is 15.0. The largest absolute Gasteiger partial charge is 0.505 e. The number of hydrogen-bond donors (Lipinski definition) is 3. The third-order valence-electron chi connectivity index (χ3n) is 3.12. The van der Waals surface area contributed by atoms with Crippen LogP contribution in [0.15, 0.2) is 18.2 Å². The van der Waals surface area contributed by atoms with Crippen molar-refractivity contribution < 1.29 is 24.5 Å². The maximum absolute atomic E-state index is 12.0. The summed E-state index contributed by atoms with van der Waals surface area (Å²) in [6.07, 6.45) is 0.439. The van der Waals surface area contributed by atoms with Gasteiger partial charge in [-0.25, -0.2) is 4.79 Å². The molecule has 0 saturated carbocycles. The van der Waals surface area contributed by atoms with Gasteiger partial charge in [0.05, 0.1) is 5.69 Å². The number of amides is 1. The second-order valence-electron chi connectivity index (χ2n) is 4.25. The van der Waals surface area contributed by atoms with Crippen LogP contribution in [0.1, 0.15) is 30.6 Å². The Morgan fingerprint density at radius 3 is 2.53 bits per heavy atom. The fraction of sp³-hybridized carbons (Fsp3) is 0.385. The van der Waals surface area contributed by atoms with Crippen molar-refractivity contribution >= 4 is 17.6 Å². The maximum Gasteiger partial charge on any atom is 0.339 e. The normalized spacial score (nSPS) is 13.6. The third-order valence-corrected chi connectivity index (χ3v) is 3.12. The van der Waals surface area contributed by atoms with Gasteiger partial charge in [0.25, 0.3) is 5.91 Å². The molecule has 0 heterocycles. The second kappa shape index (κ2) is 5.71. The SMILES string of the molecule is CCC(C)(OC)C(=O)Nc1cccc(C(=O)O)c1O. The molecule has 1 unspecified atom stereocenters. The van der Waals surface area contributed by atoms with Crippen molar-refractivity contribution in [1.82, 2.24) is 0 Å². The molecule has 1 atom stereocenters. The lowest BCUT2D eigenvalue weighted by molar-refractivity contribution is -0.136. The van der Waals surface area contributed by atoms with Crippen molar-refractivity contribution in [2.24, 2.45) is 0 Å². The van der Waals surface area contributed by atoms with Gasteiger partial charge in [-0.2, -0.15) is 0 Å². The van der Waals surface area contributed by atoms with Crippen LogP contribution in [0.3, 0.4) is 0 Å². The monoisotopic (exact) mass is 267 g/mol. The minimum Gasteiger partial charge on any atom is -0.505 e. The first-order valence-corrected chi connectivity index (χ1v) is 5.77. The predicted molar refractivity (Wildman–Crippen MR) is 69.4 cm³/mol. The Kier molecular flexibility index (Phi) is 4.50.